The molecule has 1 aliphatic heterocycles. The van der Waals surface area contributed by atoms with Crippen molar-refractivity contribution in [2.45, 2.75) is 65.2 Å². The number of fused-ring (bicyclic) bond motifs is 5. The van der Waals surface area contributed by atoms with Gasteiger partial charge in [-0.05, 0) is 68.1 Å². The highest BCUT2D eigenvalue weighted by atomic mass is 14.9. The molecule has 0 aromatic heterocycles. The molecule has 0 aromatic carbocycles. The smallest absolute Gasteiger partial charge is 0.0178 e. The van der Waals surface area contributed by atoms with Crippen LogP contribution >= 0.6 is 0 Å². The Labute approximate surface area is 118 Å². The number of hydrogen-bond donors (Lipinski definition) is 1. The minimum Gasteiger partial charge on any atom is -0.388 e. The third-order valence-electron chi connectivity index (χ3n) is 7.43. The molecule has 0 radical (unpaired) electrons. The molecule has 0 aromatic rings. The van der Waals surface area contributed by atoms with Gasteiger partial charge in [-0.15, -0.1) is 0 Å². The molecule has 1 heteroatoms. The van der Waals surface area contributed by atoms with Gasteiger partial charge in [-0.2, -0.15) is 0 Å². The van der Waals surface area contributed by atoms with E-state index in [1.807, 2.05) is 0 Å². The molecule has 4 aliphatic rings. The maximum Gasteiger partial charge on any atom is 0.0178 e. The van der Waals surface area contributed by atoms with Crippen LogP contribution in [0.5, 0.6) is 0 Å². The van der Waals surface area contributed by atoms with E-state index in [2.05, 4.69) is 25.2 Å². The second-order valence-electron chi connectivity index (χ2n) is 8.27. The van der Waals surface area contributed by atoms with E-state index < -0.39 is 0 Å². The predicted molar refractivity (Wildman–Crippen MR) is 79.7 cm³/mol. The van der Waals surface area contributed by atoms with Crippen LogP contribution in [-0.4, -0.2) is 6.54 Å². The number of piperidine rings is 1. The molecule has 0 spiro atoms. The van der Waals surface area contributed by atoms with Crippen molar-refractivity contribution < 1.29 is 0 Å². The van der Waals surface area contributed by atoms with Gasteiger partial charge in [0, 0.05) is 17.7 Å². The molecular weight excluding hydrogens is 230 g/mol. The quantitative estimate of drug-likeness (QED) is 0.675. The van der Waals surface area contributed by atoms with Crippen LogP contribution in [0.4, 0.5) is 0 Å². The van der Waals surface area contributed by atoms with Crippen LogP contribution in [0.25, 0.3) is 0 Å². The Kier molecular flexibility index (Phi) is 2.60. The Balaban J connectivity index is 1.69. The van der Waals surface area contributed by atoms with Crippen molar-refractivity contribution in [1.29, 1.82) is 0 Å². The first-order valence-electron chi connectivity index (χ1n) is 8.58. The van der Waals surface area contributed by atoms with Crippen molar-refractivity contribution in [1.82, 2.24) is 5.32 Å². The van der Waals surface area contributed by atoms with Crippen LogP contribution in [0.1, 0.15) is 65.2 Å². The van der Waals surface area contributed by atoms with E-state index in [9.17, 15) is 0 Å². The number of nitrogens with one attached hydrogen (secondary N) is 1. The maximum absolute atomic E-state index is 3.85. The first kappa shape index (κ1) is 12.3. The van der Waals surface area contributed by atoms with Gasteiger partial charge in [-0.25, -0.2) is 0 Å². The van der Waals surface area contributed by atoms with Crippen LogP contribution < -0.4 is 5.32 Å². The summed E-state index contributed by atoms with van der Waals surface area (Å²) < 4.78 is 0. The summed E-state index contributed by atoms with van der Waals surface area (Å²) in [4.78, 5) is 0. The molecule has 19 heavy (non-hydrogen) atoms. The van der Waals surface area contributed by atoms with Crippen LogP contribution in [0.2, 0.25) is 0 Å². The van der Waals surface area contributed by atoms with Crippen molar-refractivity contribution in [3.8, 4) is 0 Å². The molecule has 1 N–H and O–H groups in total. The number of rotatable bonds is 0. The second-order valence-corrected chi connectivity index (χ2v) is 8.27. The maximum atomic E-state index is 3.85. The van der Waals surface area contributed by atoms with E-state index >= 15 is 0 Å². The van der Waals surface area contributed by atoms with Gasteiger partial charge in [0.15, 0.2) is 0 Å². The summed E-state index contributed by atoms with van der Waals surface area (Å²) in [5, 5.41) is 3.85. The topological polar surface area (TPSA) is 12.0 Å². The van der Waals surface area contributed by atoms with Gasteiger partial charge < -0.3 is 5.32 Å². The standard InChI is InChI=1S/C18H29N/c1-17-9-5-6-14(17)13-12-19-16-7-3-4-10-18(16,2)15(13)8-11-17/h7,13-15,19H,3-6,8-12H2,1-2H3/t13-,14-,15-,17-,18+/m0/s1. The van der Waals surface area contributed by atoms with E-state index in [0.29, 0.717) is 10.8 Å². The average molecular weight is 259 g/mol. The van der Waals surface area contributed by atoms with Gasteiger partial charge >= 0.3 is 0 Å². The van der Waals surface area contributed by atoms with Crippen molar-refractivity contribution in [2.75, 3.05) is 6.54 Å². The van der Waals surface area contributed by atoms with Crippen molar-refractivity contribution in [3.05, 3.63) is 11.8 Å². The summed E-state index contributed by atoms with van der Waals surface area (Å²) in [6.07, 6.45) is 14.1. The molecule has 2 saturated carbocycles. The summed E-state index contributed by atoms with van der Waals surface area (Å²) >= 11 is 0. The minimum atomic E-state index is 0.491. The van der Waals surface area contributed by atoms with Crippen LogP contribution in [0, 0.1) is 28.6 Å². The highest BCUT2D eigenvalue weighted by Gasteiger charge is 2.55. The van der Waals surface area contributed by atoms with Crippen LogP contribution in [0.15, 0.2) is 11.8 Å². The van der Waals surface area contributed by atoms with Crippen molar-refractivity contribution in [2.24, 2.45) is 28.6 Å². The van der Waals surface area contributed by atoms with Gasteiger partial charge in [0.05, 0.1) is 0 Å². The second kappa shape index (κ2) is 4.02. The largest absolute Gasteiger partial charge is 0.388 e. The molecule has 3 fully saturated rings. The molecule has 4 rings (SSSR count). The zero-order valence-electron chi connectivity index (χ0n) is 12.7. The third kappa shape index (κ3) is 1.59. The zero-order chi connectivity index (χ0) is 13.1. The van der Waals surface area contributed by atoms with Crippen molar-refractivity contribution in [3.63, 3.8) is 0 Å². The zero-order valence-corrected chi connectivity index (χ0v) is 12.7. The summed E-state index contributed by atoms with van der Waals surface area (Å²) in [7, 11) is 0. The Bertz CT molecular complexity index is 412. The van der Waals surface area contributed by atoms with Gasteiger partial charge in [0.1, 0.15) is 0 Å². The van der Waals surface area contributed by atoms with Crippen molar-refractivity contribution >= 4 is 0 Å². The first-order chi connectivity index (χ1) is 9.13. The van der Waals surface area contributed by atoms with Gasteiger partial charge in [0.2, 0.25) is 0 Å². The first-order valence-corrected chi connectivity index (χ1v) is 8.58. The lowest BCUT2D eigenvalue weighted by molar-refractivity contribution is -0.0331. The monoisotopic (exact) mass is 259 g/mol. The SMILES string of the molecule is C[C@@]12CCC[C@H]1[C@@H]1CNC3=CCCC[C@]3(C)[C@H]1CC2. The summed E-state index contributed by atoms with van der Waals surface area (Å²) in [5.74, 6) is 2.94. The third-order valence-corrected chi connectivity index (χ3v) is 7.43. The normalized spacial score (nSPS) is 52.5. The molecule has 1 nitrogen and oxygen atoms in total. The lowest BCUT2D eigenvalue weighted by Gasteiger charge is -2.57. The molecular formula is C18H29N. The van der Waals surface area contributed by atoms with Gasteiger partial charge in [-0.1, -0.05) is 26.3 Å². The Hall–Kier alpha value is -0.460. The molecule has 106 valence electrons. The van der Waals surface area contributed by atoms with E-state index in [1.165, 1.54) is 57.9 Å². The van der Waals surface area contributed by atoms with E-state index in [-0.39, 0.29) is 0 Å². The predicted octanol–water partition coefficient (Wildman–Crippen LogP) is 4.50. The Morgan fingerprint density at radius 3 is 2.84 bits per heavy atom. The molecule has 1 saturated heterocycles. The minimum absolute atomic E-state index is 0.491. The van der Waals surface area contributed by atoms with E-state index in [0.717, 1.165) is 17.8 Å². The molecule has 0 unspecified atom stereocenters. The summed E-state index contributed by atoms with van der Waals surface area (Å²) in [6.45, 7) is 6.43. The lowest BCUT2D eigenvalue weighted by atomic mass is 9.51. The van der Waals surface area contributed by atoms with Gasteiger partial charge in [-0.3, -0.25) is 0 Å². The summed E-state index contributed by atoms with van der Waals surface area (Å²) in [5.41, 5.74) is 2.79. The molecule has 5 atom stereocenters. The number of allylic oxidation sites excluding steroid dienone is 2. The van der Waals surface area contributed by atoms with Crippen LogP contribution in [0.3, 0.4) is 0 Å². The fourth-order valence-corrected chi connectivity index (χ4v) is 6.33. The molecule has 3 aliphatic carbocycles. The summed E-state index contributed by atoms with van der Waals surface area (Å²) in [6, 6.07) is 0. The molecule has 1 heterocycles. The fourth-order valence-electron chi connectivity index (χ4n) is 6.33. The lowest BCUT2D eigenvalue weighted by Crippen LogP contribution is -2.55. The molecule has 0 bridgehead atoms. The van der Waals surface area contributed by atoms with E-state index in [4.69, 9.17) is 0 Å². The average Bonchev–Trinajstić information content (AvgIpc) is 2.79. The highest BCUT2D eigenvalue weighted by Crippen LogP contribution is 2.62. The van der Waals surface area contributed by atoms with Crippen LogP contribution in [-0.2, 0) is 0 Å². The Morgan fingerprint density at radius 1 is 1.05 bits per heavy atom. The number of hydrogen-bond acceptors (Lipinski definition) is 1. The van der Waals surface area contributed by atoms with E-state index in [1.54, 1.807) is 5.70 Å². The fraction of sp³-hybridized carbons (Fsp3) is 0.889. The molecule has 0 amide bonds. The Morgan fingerprint density at radius 2 is 1.95 bits per heavy atom. The van der Waals surface area contributed by atoms with Gasteiger partial charge in [0.25, 0.3) is 0 Å². The highest BCUT2D eigenvalue weighted by molar-refractivity contribution is 5.22.